The van der Waals surface area contributed by atoms with Gasteiger partial charge in [0.2, 0.25) is 0 Å². The number of rotatable bonds is 5. The predicted octanol–water partition coefficient (Wildman–Crippen LogP) is 5.28. The van der Waals surface area contributed by atoms with Gasteiger partial charge < -0.3 is 10.1 Å². The fraction of sp³-hybridized carbons (Fsp3) is 0.280. The predicted molar refractivity (Wildman–Crippen MR) is 111 cm³/mol. The number of benzene rings is 3. The molecule has 2 heteroatoms. The highest BCUT2D eigenvalue weighted by atomic mass is 16.5. The molecule has 0 bridgehead atoms. The van der Waals surface area contributed by atoms with E-state index in [1.165, 1.54) is 22.3 Å². The van der Waals surface area contributed by atoms with Gasteiger partial charge in [-0.15, -0.1) is 0 Å². The van der Waals surface area contributed by atoms with Gasteiger partial charge in [0.15, 0.2) is 0 Å². The van der Waals surface area contributed by atoms with Crippen LogP contribution in [-0.4, -0.2) is 13.1 Å². The average Bonchev–Trinajstić information content (AvgIpc) is 3.07. The Morgan fingerprint density at radius 2 is 1.44 bits per heavy atom. The minimum Gasteiger partial charge on any atom is -0.484 e. The molecule has 3 aromatic carbocycles. The zero-order valence-electron chi connectivity index (χ0n) is 16.3. The summed E-state index contributed by atoms with van der Waals surface area (Å²) in [6, 6.07) is 28.1. The second kappa shape index (κ2) is 7.21. The molecule has 0 radical (unpaired) electrons. The SMILES string of the molecule is CNC1Cc2ccccc2C1Oc1ccc(C(C)(C)c2ccccc2)cc1. The van der Waals surface area contributed by atoms with Crippen LogP contribution in [0.4, 0.5) is 0 Å². The van der Waals surface area contributed by atoms with Crippen LogP contribution in [0.15, 0.2) is 78.9 Å². The molecule has 0 saturated carbocycles. The Hall–Kier alpha value is -2.58. The van der Waals surface area contributed by atoms with Crippen molar-refractivity contribution < 1.29 is 4.74 Å². The van der Waals surface area contributed by atoms with E-state index in [-0.39, 0.29) is 11.5 Å². The third-order valence-electron chi connectivity index (χ3n) is 5.87. The summed E-state index contributed by atoms with van der Waals surface area (Å²) in [5.74, 6) is 0.921. The van der Waals surface area contributed by atoms with E-state index in [1.807, 2.05) is 7.05 Å². The summed E-state index contributed by atoms with van der Waals surface area (Å²) >= 11 is 0. The van der Waals surface area contributed by atoms with E-state index in [0.717, 1.165) is 12.2 Å². The molecule has 0 amide bonds. The third-order valence-corrected chi connectivity index (χ3v) is 5.87. The highest BCUT2D eigenvalue weighted by Crippen LogP contribution is 2.36. The van der Waals surface area contributed by atoms with Gasteiger partial charge in [0, 0.05) is 5.41 Å². The summed E-state index contributed by atoms with van der Waals surface area (Å²) in [7, 11) is 2.01. The second-order valence-electron chi connectivity index (χ2n) is 7.85. The molecule has 0 fully saturated rings. The molecule has 27 heavy (non-hydrogen) atoms. The Kier molecular flexibility index (Phi) is 4.75. The van der Waals surface area contributed by atoms with E-state index >= 15 is 0 Å². The minimum atomic E-state index is -0.0345. The lowest BCUT2D eigenvalue weighted by Crippen LogP contribution is -2.32. The molecular formula is C25H27NO. The molecule has 1 N–H and O–H groups in total. The fourth-order valence-corrected chi connectivity index (χ4v) is 4.08. The monoisotopic (exact) mass is 357 g/mol. The third kappa shape index (κ3) is 3.38. The largest absolute Gasteiger partial charge is 0.484 e. The second-order valence-corrected chi connectivity index (χ2v) is 7.85. The molecule has 0 aromatic heterocycles. The van der Waals surface area contributed by atoms with Crippen molar-refractivity contribution in [3.8, 4) is 5.75 Å². The molecule has 1 aliphatic rings. The summed E-state index contributed by atoms with van der Waals surface area (Å²) in [5.41, 5.74) is 5.25. The van der Waals surface area contributed by atoms with Crippen LogP contribution in [0.5, 0.6) is 5.75 Å². The highest BCUT2D eigenvalue weighted by Gasteiger charge is 2.33. The van der Waals surface area contributed by atoms with E-state index in [9.17, 15) is 0 Å². The molecule has 0 aliphatic heterocycles. The van der Waals surface area contributed by atoms with E-state index in [1.54, 1.807) is 0 Å². The van der Waals surface area contributed by atoms with Gasteiger partial charge in [-0.2, -0.15) is 0 Å². The first-order chi connectivity index (χ1) is 13.1. The average molecular weight is 357 g/mol. The van der Waals surface area contributed by atoms with Crippen LogP contribution in [0.25, 0.3) is 0 Å². The van der Waals surface area contributed by atoms with Crippen molar-refractivity contribution in [1.29, 1.82) is 0 Å². The maximum atomic E-state index is 6.42. The van der Waals surface area contributed by atoms with Gasteiger partial charge in [-0.1, -0.05) is 80.6 Å². The van der Waals surface area contributed by atoms with Crippen LogP contribution in [-0.2, 0) is 11.8 Å². The maximum absolute atomic E-state index is 6.42. The number of ether oxygens (including phenoxy) is 1. The van der Waals surface area contributed by atoms with Crippen molar-refractivity contribution in [2.24, 2.45) is 0 Å². The van der Waals surface area contributed by atoms with Crippen molar-refractivity contribution in [3.05, 3.63) is 101 Å². The van der Waals surface area contributed by atoms with Gasteiger partial charge in [-0.05, 0) is 47.9 Å². The summed E-state index contributed by atoms with van der Waals surface area (Å²) in [4.78, 5) is 0. The van der Waals surface area contributed by atoms with Gasteiger partial charge in [-0.3, -0.25) is 0 Å². The van der Waals surface area contributed by atoms with Crippen molar-refractivity contribution >= 4 is 0 Å². The number of hydrogen-bond donors (Lipinski definition) is 1. The van der Waals surface area contributed by atoms with Crippen molar-refractivity contribution in [1.82, 2.24) is 5.32 Å². The Labute approximate surface area is 162 Å². The lowest BCUT2D eigenvalue weighted by atomic mass is 9.78. The number of nitrogens with one attached hydrogen (secondary N) is 1. The van der Waals surface area contributed by atoms with E-state index in [2.05, 4.69) is 98.0 Å². The molecule has 1 aliphatic carbocycles. The molecule has 138 valence electrons. The molecule has 0 heterocycles. The highest BCUT2D eigenvalue weighted by molar-refractivity contribution is 5.41. The standard InChI is InChI=1S/C25H27NO/c1-25(2,19-10-5-4-6-11-19)20-13-15-21(16-14-20)27-24-22-12-8-7-9-18(22)17-23(24)26-3/h4-16,23-24,26H,17H2,1-3H3. The summed E-state index contributed by atoms with van der Waals surface area (Å²) < 4.78 is 6.42. The van der Waals surface area contributed by atoms with Crippen LogP contribution in [0.1, 0.15) is 42.2 Å². The molecular weight excluding hydrogens is 330 g/mol. The van der Waals surface area contributed by atoms with Crippen LogP contribution in [0, 0.1) is 0 Å². The Bertz CT molecular complexity index is 899. The molecule has 2 nitrogen and oxygen atoms in total. The van der Waals surface area contributed by atoms with E-state index in [4.69, 9.17) is 4.74 Å². The molecule has 2 atom stereocenters. The van der Waals surface area contributed by atoms with Crippen molar-refractivity contribution in [3.63, 3.8) is 0 Å². The molecule has 3 aromatic rings. The Morgan fingerprint density at radius 3 is 2.15 bits per heavy atom. The number of fused-ring (bicyclic) bond motifs is 1. The fourth-order valence-electron chi connectivity index (χ4n) is 4.08. The Balaban J connectivity index is 1.56. The number of hydrogen-bond acceptors (Lipinski definition) is 2. The van der Waals surface area contributed by atoms with Crippen LogP contribution >= 0.6 is 0 Å². The van der Waals surface area contributed by atoms with Gasteiger partial charge in [0.25, 0.3) is 0 Å². The molecule has 4 rings (SSSR count). The smallest absolute Gasteiger partial charge is 0.140 e. The first-order valence-corrected chi connectivity index (χ1v) is 9.67. The zero-order valence-corrected chi connectivity index (χ0v) is 16.3. The Morgan fingerprint density at radius 1 is 0.815 bits per heavy atom. The van der Waals surface area contributed by atoms with Gasteiger partial charge in [0.05, 0.1) is 6.04 Å². The van der Waals surface area contributed by atoms with E-state index < -0.39 is 0 Å². The van der Waals surface area contributed by atoms with Crippen LogP contribution in [0.2, 0.25) is 0 Å². The lowest BCUT2D eigenvalue weighted by Gasteiger charge is -2.27. The maximum Gasteiger partial charge on any atom is 0.140 e. The first kappa shape index (κ1) is 17.8. The topological polar surface area (TPSA) is 21.3 Å². The lowest BCUT2D eigenvalue weighted by molar-refractivity contribution is 0.172. The molecule has 0 saturated heterocycles. The molecule has 2 unspecified atom stereocenters. The van der Waals surface area contributed by atoms with Gasteiger partial charge in [-0.25, -0.2) is 0 Å². The zero-order chi connectivity index (χ0) is 18.9. The van der Waals surface area contributed by atoms with Crippen molar-refractivity contribution in [2.45, 2.75) is 37.8 Å². The van der Waals surface area contributed by atoms with E-state index in [0.29, 0.717) is 6.04 Å². The summed E-state index contributed by atoms with van der Waals surface area (Å²) in [6.07, 6.45) is 1.07. The van der Waals surface area contributed by atoms with Gasteiger partial charge >= 0.3 is 0 Å². The van der Waals surface area contributed by atoms with Gasteiger partial charge in [0.1, 0.15) is 11.9 Å². The summed E-state index contributed by atoms with van der Waals surface area (Å²) in [6.45, 7) is 4.53. The molecule has 0 spiro atoms. The van der Waals surface area contributed by atoms with Crippen LogP contribution in [0.3, 0.4) is 0 Å². The van der Waals surface area contributed by atoms with Crippen LogP contribution < -0.4 is 10.1 Å². The summed E-state index contributed by atoms with van der Waals surface area (Å²) in [5, 5.41) is 3.41. The normalized spacial score (nSPS) is 18.9. The first-order valence-electron chi connectivity index (χ1n) is 9.67. The quantitative estimate of drug-likeness (QED) is 0.671. The number of likely N-dealkylation sites (N-methyl/N-ethyl adjacent to an activating group) is 1. The minimum absolute atomic E-state index is 0.0345. The van der Waals surface area contributed by atoms with Crippen molar-refractivity contribution in [2.75, 3.05) is 7.05 Å².